The molecule has 0 radical (unpaired) electrons. The maximum atomic E-state index is 11.2. The number of benzene rings is 1. The summed E-state index contributed by atoms with van der Waals surface area (Å²) in [6.45, 7) is -0.127. The van der Waals surface area contributed by atoms with Crippen LogP contribution in [0.5, 0.6) is 0 Å². The van der Waals surface area contributed by atoms with E-state index in [0.29, 0.717) is 11.3 Å². The molecule has 1 aromatic rings. The first-order valence-electron chi connectivity index (χ1n) is 4.56. The lowest BCUT2D eigenvalue weighted by molar-refractivity contribution is -0.114. The molecule has 0 fully saturated rings. The first kappa shape index (κ1) is 12.0. The number of rotatable bonds is 3. The number of amides is 1. The molecule has 0 heterocycles. The van der Waals surface area contributed by atoms with Gasteiger partial charge in [0.2, 0.25) is 5.91 Å². The Bertz CT molecular complexity index is 418. The van der Waals surface area contributed by atoms with Gasteiger partial charge in [-0.3, -0.25) is 4.79 Å². The summed E-state index contributed by atoms with van der Waals surface area (Å²) in [5.41, 5.74) is 11.8. The molecule has 16 heavy (non-hydrogen) atoms. The van der Waals surface area contributed by atoms with Gasteiger partial charge in [-0.05, 0) is 18.2 Å². The zero-order chi connectivity index (χ0) is 12.1. The third-order valence-electron chi connectivity index (χ3n) is 1.93. The maximum Gasteiger partial charge on any atom is 0.337 e. The van der Waals surface area contributed by atoms with Crippen LogP contribution in [-0.2, 0) is 9.53 Å². The van der Waals surface area contributed by atoms with E-state index in [9.17, 15) is 9.59 Å². The van der Waals surface area contributed by atoms with E-state index in [1.807, 2.05) is 0 Å². The van der Waals surface area contributed by atoms with Crippen molar-refractivity contribution >= 4 is 23.3 Å². The molecule has 0 aliphatic rings. The van der Waals surface area contributed by atoms with Gasteiger partial charge >= 0.3 is 5.97 Å². The molecule has 86 valence electrons. The molecule has 5 N–H and O–H groups in total. The summed E-state index contributed by atoms with van der Waals surface area (Å²) < 4.78 is 4.53. The molecule has 1 amide bonds. The molecule has 6 nitrogen and oxygen atoms in total. The first-order chi connectivity index (χ1) is 7.58. The Balaban J connectivity index is 2.91. The number of nitrogens with one attached hydrogen (secondary N) is 1. The van der Waals surface area contributed by atoms with Gasteiger partial charge in [0.05, 0.1) is 30.6 Å². The average molecular weight is 223 g/mol. The molecule has 0 bridgehead atoms. The van der Waals surface area contributed by atoms with Crippen molar-refractivity contribution in [2.75, 3.05) is 24.7 Å². The summed E-state index contributed by atoms with van der Waals surface area (Å²) in [6.07, 6.45) is 0. The molecular formula is C10H13N3O3. The van der Waals surface area contributed by atoms with Gasteiger partial charge in [0.15, 0.2) is 0 Å². The van der Waals surface area contributed by atoms with E-state index in [4.69, 9.17) is 11.5 Å². The van der Waals surface area contributed by atoms with E-state index in [1.54, 1.807) is 0 Å². The number of hydrogen-bond donors (Lipinski definition) is 3. The molecule has 0 spiro atoms. The monoisotopic (exact) mass is 223 g/mol. The topological polar surface area (TPSA) is 107 Å². The third-order valence-corrected chi connectivity index (χ3v) is 1.93. The smallest absolute Gasteiger partial charge is 0.337 e. The molecule has 0 unspecified atom stereocenters. The van der Waals surface area contributed by atoms with Crippen molar-refractivity contribution in [3.8, 4) is 0 Å². The Labute approximate surface area is 92.6 Å². The van der Waals surface area contributed by atoms with Crippen molar-refractivity contribution in [1.29, 1.82) is 0 Å². The molecule has 0 aliphatic heterocycles. The van der Waals surface area contributed by atoms with E-state index in [2.05, 4.69) is 10.1 Å². The molecule has 1 rings (SSSR count). The Morgan fingerprint density at radius 3 is 2.62 bits per heavy atom. The Morgan fingerprint density at radius 1 is 1.44 bits per heavy atom. The van der Waals surface area contributed by atoms with Gasteiger partial charge in [-0.15, -0.1) is 0 Å². The van der Waals surface area contributed by atoms with Gasteiger partial charge in [-0.1, -0.05) is 0 Å². The number of carbonyl (C=O) groups is 2. The van der Waals surface area contributed by atoms with Crippen LogP contribution in [-0.4, -0.2) is 25.5 Å². The highest BCUT2D eigenvalue weighted by atomic mass is 16.5. The van der Waals surface area contributed by atoms with Gasteiger partial charge in [0.25, 0.3) is 0 Å². The third kappa shape index (κ3) is 2.71. The summed E-state index contributed by atoms with van der Waals surface area (Å²) in [5, 5.41) is 2.50. The van der Waals surface area contributed by atoms with Crippen LogP contribution in [0.4, 0.5) is 11.4 Å². The summed E-state index contributed by atoms with van der Waals surface area (Å²) in [4.78, 5) is 22.2. The van der Waals surface area contributed by atoms with Crippen LogP contribution in [0.25, 0.3) is 0 Å². The van der Waals surface area contributed by atoms with Gasteiger partial charge in [0, 0.05) is 0 Å². The fourth-order valence-electron chi connectivity index (χ4n) is 1.12. The lowest BCUT2D eigenvalue weighted by atomic mass is 10.1. The normalized spacial score (nSPS) is 9.62. The first-order valence-corrected chi connectivity index (χ1v) is 4.56. The van der Waals surface area contributed by atoms with Crippen LogP contribution in [0.15, 0.2) is 18.2 Å². The summed E-state index contributed by atoms with van der Waals surface area (Å²) >= 11 is 0. The van der Waals surface area contributed by atoms with Crippen LogP contribution in [0, 0.1) is 0 Å². The van der Waals surface area contributed by atoms with Crippen molar-refractivity contribution in [2.24, 2.45) is 5.73 Å². The van der Waals surface area contributed by atoms with Crippen LogP contribution in [0.3, 0.4) is 0 Å². The molecule has 0 saturated heterocycles. The minimum Gasteiger partial charge on any atom is -0.465 e. The van der Waals surface area contributed by atoms with Gasteiger partial charge in [0.1, 0.15) is 0 Å². The van der Waals surface area contributed by atoms with E-state index < -0.39 is 5.97 Å². The Kier molecular flexibility index (Phi) is 3.84. The summed E-state index contributed by atoms with van der Waals surface area (Å²) in [7, 11) is 1.28. The molecular weight excluding hydrogens is 210 g/mol. The minimum atomic E-state index is -0.483. The second-order valence-corrected chi connectivity index (χ2v) is 3.05. The largest absolute Gasteiger partial charge is 0.465 e. The van der Waals surface area contributed by atoms with Crippen LogP contribution >= 0.6 is 0 Å². The van der Waals surface area contributed by atoms with Gasteiger partial charge in [-0.2, -0.15) is 0 Å². The number of hydrogen-bond acceptors (Lipinski definition) is 5. The predicted octanol–water partition coefficient (Wildman–Crippen LogP) is -0.0474. The summed E-state index contributed by atoms with van der Waals surface area (Å²) in [5.74, 6) is -0.832. The Morgan fingerprint density at radius 2 is 2.12 bits per heavy atom. The van der Waals surface area contributed by atoms with E-state index in [1.165, 1.54) is 25.3 Å². The van der Waals surface area contributed by atoms with Crippen LogP contribution in [0.2, 0.25) is 0 Å². The molecule has 1 aromatic carbocycles. The SMILES string of the molecule is COC(=O)c1ccc(NC(=O)CN)c(N)c1. The number of carbonyl (C=O) groups excluding carboxylic acids is 2. The number of methoxy groups -OCH3 is 1. The number of nitrogens with two attached hydrogens (primary N) is 2. The second-order valence-electron chi connectivity index (χ2n) is 3.05. The zero-order valence-corrected chi connectivity index (χ0v) is 8.82. The molecule has 6 heteroatoms. The van der Waals surface area contributed by atoms with Crippen LogP contribution in [0.1, 0.15) is 10.4 Å². The lowest BCUT2D eigenvalue weighted by Crippen LogP contribution is -2.22. The van der Waals surface area contributed by atoms with Crippen molar-refractivity contribution in [2.45, 2.75) is 0 Å². The van der Waals surface area contributed by atoms with Gasteiger partial charge < -0.3 is 21.5 Å². The highest BCUT2D eigenvalue weighted by molar-refractivity contribution is 5.97. The number of esters is 1. The quantitative estimate of drug-likeness (QED) is 0.492. The molecule has 0 saturated carbocycles. The van der Waals surface area contributed by atoms with Crippen molar-refractivity contribution in [3.05, 3.63) is 23.8 Å². The Hall–Kier alpha value is -2.08. The molecule has 0 aliphatic carbocycles. The fourth-order valence-corrected chi connectivity index (χ4v) is 1.12. The van der Waals surface area contributed by atoms with E-state index in [0.717, 1.165) is 0 Å². The number of nitrogen functional groups attached to an aromatic ring is 1. The van der Waals surface area contributed by atoms with E-state index >= 15 is 0 Å². The van der Waals surface area contributed by atoms with Crippen molar-refractivity contribution in [3.63, 3.8) is 0 Å². The predicted molar refractivity (Wildman–Crippen MR) is 59.9 cm³/mol. The number of ether oxygens (including phenoxy) is 1. The number of anilines is 2. The van der Waals surface area contributed by atoms with E-state index in [-0.39, 0.29) is 18.1 Å². The lowest BCUT2D eigenvalue weighted by Gasteiger charge is -2.08. The van der Waals surface area contributed by atoms with Crippen molar-refractivity contribution in [1.82, 2.24) is 0 Å². The summed E-state index contributed by atoms with van der Waals surface area (Å²) in [6, 6.07) is 4.46. The second kappa shape index (κ2) is 5.13. The standard InChI is InChI=1S/C10H13N3O3/c1-16-10(15)6-2-3-8(7(12)4-6)13-9(14)5-11/h2-4H,5,11-12H2,1H3,(H,13,14). The van der Waals surface area contributed by atoms with Crippen molar-refractivity contribution < 1.29 is 14.3 Å². The molecule has 0 aromatic heterocycles. The van der Waals surface area contributed by atoms with Gasteiger partial charge in [-0.25, -0.2) is 4.79 Å². The minimum absolute atomic E-state index is 0.127. The average Bonchev–Trinajstić information content (AvgIpc) is 2.30. The van der Waals surface area contributed by atoms with Crippen LogP contribution < -0.4 is 16.8 Å². The maximum absolute atomic E-state index is 11.2. The highest BCUT2D eigenvalue weighted by Crippen LogP contribution is 2.20. The molecule has 0 atom stereocenters. The highest BCUT2D eigenvalue weighted by Gasteiger charge is 2.09. The fraction of sp³-hybridized carbons (Fsp3) is 0.200. The zero-order valence-electron chi connectivity index (χ0n) is 8.82.